The van der Waals surface area contributed by atoms with Crippen molar-refractivity contribution in [3.63, 3.8) is 0 Å². The van der Waals surface area contributed by atoms with Gasteiger partial charge in [-0.3, -0.25) is 0 Å². The van der Waals surface area contributed by atoms with Crippen LogP contribution in [-0.4, -0.2) is 20.2 Å². The van der Waals surface area contributed by atoms with Crippen molar-refractivity contribution in [2.24, 2.45) is 0 Å². The number of rotatable bonds is 1. The smallest absolute Gasteiger partial charge is 0.244 e. The average Bonchev–Trinajstić information content (AvgIpc) is 2.18. The van der Waals surface area contributed by atoms with Gasteiger partial charge in [-0.15, -0.1) is 0 Å². The van der Waals surface area contributed by atoms with Gasteiger partial charge in [-0.05, 0) is 10.4 Å². The van der Waals surface area contributed by atoms with Crippen LogP contribution in [-0.2, 0) is 0 Å². The molecule has 0 bridgehead atoms. The number of aromatic nitrogens is 4. The van der Waals surface area contributed by atoms with Gasteiger partial charge < -0.3 is 0 Å². The van der Waals surface area contributed by atoms with Gasteiger partial charge in [0.2, 0.25) is 0 Å². The average molecular weight is 147 g/mol. The molecule has 0 aromatic carbocycles. The third-order valence-electron chi connectivity index (χ3n) is 0.692. The molecule has 1 N–H and O–H groups in total. The van der Waals surface area contributed by atoms with Crippen molar-refractivity contribution in [3.05, 3.63) is 16.0 Å². The molecule has 0 fully saturated rings. The Morgan fingerprint density at radius 1 is 1.78 bits per heavy atom. The van der Waals surface area contributed by atoms with Gasteiger partial charge in [0.25, 0.3) is 0 Å². The van der Waals surface area contributed by atoms with Crippen molar-refractivity contribution in [2.45, 2.75) is 0 Å². The molecule has 9 heavy (non-hydrogen) atoms. The number of nitrogens with zero attached hydrogens (tertiary/aromatic N) is 3. The maximum atomic E-state index is 10.5. The molecule has 6 heteroatoms. The van der Waals surface area contributed by atoms with Crippen LogP contribution in [0, 0.1) is 0 Å². The molecule has 5 nitrogen and oxygen atoms in total. The Hall–Kier alpha value is -1.10. The zero-order valence-corrected chi connectivity index (χ0v) is 5.04. The highest BCUT2D eigenvalue weighted by Crippen LogP contribution is 1.77. The maximum absolute atomic E-state index is 10.5. The molecule has 0 saturated heterocycles. The normalized spacial score (nSPS) is 10.8. The minimum absolute atomic E-state index is 0.410. The first kappa shape index (κ1) is 6.03. The first-order valence-electron chi connectivity index (χ1n) is 2.11. The van der Waals surface area contributed by atoms with Gasteiger partial charge in [0.05, 0.1) is 0 Å². The quantitative estimate of drug-likeness (QED) is 0.588. The van der Waals surface area contributed by atoms with E-state index >= 15 is 0 Å². The Morgan fingerprint density at radius 2 is 2.56 bits per heavy atom. The van der Waals surface area contributed by atoms with Crippen LogP contribution < -0.4 is 5.69 Å². The summed E-state index contributed by atoms with van der Waals surface area (Å²) >= 11 is 5.14. The van der Waals surface area contributed by atoms with E-state index in [0.29, 0.717) is 0 Å². The summed E-state index contributed by atoms with van der Waals surface area (Å²) in [6, 6.07) is 0. The van der Waals surface area contributed by atoms with Gasteiger partial charge in [-0.1, -0.05) is 11.6 Å². The van der Waals surface area contributed by atoms with E-state index in [4.69, 9.17) is 11.6 Å². The van der Waals surface area contributed by atoms with E-state index in [1.165, 1.54) is 11.7 Å². The van der Waals surface area contributed by atoms with E-state index in [-0.39, 0.29) is 0 Å². The molecule has 0 spiro atoms. The molecule has 0 aliphatic carbocycles. The summed E-state index contributed by atoms with van der Waals surface area (Å²) < 4.78 is 0.979. The van der Waals surface area contributed by atoms with E-state index in [1.54, 1.807) is 0 Å². The second kappa shape index (κ2) is 2.45. The van der Waals surface area contributed by atoms with Gasteiger partial charge in [0.15, 0.2) is 0 Å². The lowest BCUT2D eigenvalue weighted by molar-refractivity contribution is 0.813. The third kappa shape index (κ3) is 1.17. The van der Waals surface area contributed by atoms with E-state index in [9.17, 15) is 4.79 Å². The summed E-state index contributed by atoms with van der Waals surface area (Å²) in [5.41, 5.74) is 0.760. The van der Waals surface area contributed by atoms with E-state index < -0.39 is 5.69 Å². The van der Waals surface area contributed by atoms with Gasteiger partial charge in [-0.25, -0.2) is 9.89 Å². The van der Waals surface area contributed by atoms with Crippen LogP contribution in [0.4, 0.5) is 0 Å². The highest BCUT2D eigenvalue weighted by Gasteiger charge is 1.89. The van der Waals surface area contributed by atoms with Crippen LogP contribution in [0.5, 0.6) is 0 Å². The van der Waals surface area contributed by atoms with Crippen molar-refractivity contribution < 1.29 is 0 Å². The third-order valence-corrected chi connectivity index (χ3v) is 0.805. The van der Waals surface area contributed by atoms with Crippen molar-refractivity contribution in [1.82, 2.24) is 20.2 Å². The van der Waals surface area contributed by atoms with Crippen molar-refractivity contribution in [2.75, 3.05) is 0 Å². The predicted molar refractivity (Wildman–Crippen MR) is 31.8 cm³/mol. The Labute approximate surface area is 54.9 Å². The minimum atomic E-state index is -0.410. The standard InChI is InChI=1S/C3H3ClN4O/c4-1-2-8-3(9)5-6-7-8/h1-2H,(H,5,7,9). The summed E-state index contributed by atoms with van der Waals surface area (Å²) in [4.78, 5) is 10.5. The molecule has 1 heterocycles. The molecule has 48 valence electrons. The van der Waals surface area contributed by atoms with Crippen LogP contribution in [0.2, 0.25) is 0 Å². The first-order chi connectivity index (χ1) is 4.34. The van der Waals surface area contributed by atoms with E-state index in [2.05, 4.69) is 15.5 Å². The molecule has 0 atom stereocenters. The molecule has 0 aliphatic rings. The molecular formula is C3H3ClN4O. The molecule has 1 aromatic heterocycles. The summed E-state index contributed by atoms with van der Waals surface area (Å²) in [6.07, 6.45) is 1.29. The van der Waals surface area contributed by atoms with Crippen LogP contribution in [0.3, 0.4) is 0 Å². The highest BCUT2D eigenvalue weighted by atomic mass is 35.5. The van der Waals surface area contributed by atoms with Gasteiger partial charge in [0.1, 0.15) is 0 Å². The SMILES string of the molecule is O=c1[nH]nnn1C=CCl. The fourth-order valence-corrected chi connectivity index (χ4v) is 0.463. The summed E-state index contributed by atoms with van der Waals surface area (Å²) in [5.74, 6) is 0. The number of hydrogen-bond acceptors (Lipinski definition) is 3. The molecule has 0 unspecified atom stereocenters. The largest absolute Gasteiger partial charge is 0.365 e. The molecular weight excluding hydrogens is 144 g/mol. The van der Waals surface area contributed by atoms with Crippen molar-refractivity contribution >= 4 is 17.8 Å². The van der Waals surface area contributed by atoms with Gasteiger partial charge >= 0.3 is 5.69 Å². The Kier molecular flexibility index (Phi) is 1.64. The number of H-pyrrole nitrogens is 1. The molecule has 0 saturated carbocycles. The fourth-order valence-electron chi connectivity index (χ4n) is 0.356. The predicted octanol–water partition coefficient (Wildman–Crippen LogP) is -0.367. The number of tetrazole rings is 1. The lowest BCUT2D eigenvalue weighted by atomic mass is 11.0. The molecule has 0 aliphatic heterocycles. The van der Waals surface area contributed by atoms with Gasteiger partial charge in [0, 0.05) is 11.7 Å². The van der Waals surface area contributed by atoms with Crippen LogP contribution >= 0.6 is 11.6 Å². The topological polar surface area (TPSA) is 63.6 Å². The highest BCUT2D eigenvalue weighted by molar-refractivity contribution is 6.26. The fraction of sp³-hybridized carbons (Fsp3) is 0. The van der Waals surface area contributed by atoms with Crippen LogP contribution in [0.25, 0.3) is 6.20 Å². The number of aromatic amines is 1. The zero-order chi connectivity index (χ0) is 6.69. The number of nitrogens with one attached hydrogen (secondary N) is 1. The summed E-state index contributed by atoms with van der Waals surface area (Å²) in [6.45, 7) is 0. The zero-order valence-electron chi connectivity index (χ0n) is 4.28. The second-order valence-electron chi connectivity index (χ2n) is 1.23. The molecule has 0 amide bonds. The summed E-state index contributed by atoms with van der Waals surface area (Å²) in [7, 11) is 0. The van der Waals surface area contributed by atoms with Crippen molar-refractivity contribution in [1.29, 1.82) is 0 Å². The van der Waals surface area contributed by atoms with Crippen LogP contribution in [0.1, 0.15) is 0 Å². The van der Waals surface area contributed by atoms with Crippen LogP contribution in [0.15, 0.2) is 10.3 Å². The summed E-state index contributed by atoms with van der Waals surface area (Å²) in [5, 5.41) is 8.63. The van der Waals surface area contributed by atoms with Crippen molar-refractivity contribution in [3.8, 4) is 0 Å². The van der Waals surface area contributed by atoms with E-state index in [1.807, 2.05) is 0 Å². The molecule has 1 rings (SSSR count). The monoisotopic (exact) mass is 146 g/mol. The first-order valence-corrected chi connectivity index (χ1v) is 2.55. The molecule has 1 aromatic rings. The Bertz CT molecular complexity index is 261. The maximum Gasteiger partial charge on any atom is 0.365 e. The number of hydrogen-bond donors (Lipinski definition) is 1. The Balaban J connectivity index is 3.08. The lowest BCUT2D eigenvalue weighted by Crippen LogP contribution is -2.11. The van der Waals surface area contributed by atoms with Gasteiger partial charge in [-0.2, -0.15) is 4.68 Å². The van der Waals surface area contributed by atoms with E-state index in [0.717, 1.165) is 4.68 Å². The lowest BCUT2D eigenvalue weighted by Gasteiger charge is -1.77. The molecule has 0 radical (unpaired) electrons. The Morgan fingerprint density at radius 3 is 3.00 bits per heavy atom. The number of halogens is 1. The minimum Gasteiger partial charge on any atom is -0.244 e. The second-order valence-corrected chi connectivity index (χ2v) is 1.48.